The summed E-state index contributed by atoms with van der Waals surface area (Å²) in [7, 11) is 4.00. The van der Waals surface area contributed by atoms with Crippen LogP contribution in [0.5, 0.6) is 0 Å². The second-order valence-electron chi connectivity index (χ2n) is 4.59. The fraction of sp³-hybridized carbons (Fsp3) is 0.571. The van der Waals surface area contributed by atoms with Crippen LogP contribution in [0, 0.1) is 5.82 Å². The zero-order chi connectivity index (χ0) is 12.7. The van der Waals surface area contributed by atoms with Crippen molar-refractivity contribution in [2.45, 2.75) is 32.2 Å². The average Bonchev–Trinajstić information content (AvgIpc) is 2.34. The van der Waals surface area contributed by atoms with E-state index in [9.17, 15) is 4.39 Å². The molecule has 1 aromatic rings. The lowest BCUT2D eigenvalue weighted by Gasteiger charge is -2.19. The van der Waals surface area contributed by atoms with Crippen molar-refractivity contribution in [3.8, 4) is 0 Å². The number of unbranched alkanes of at least 4 members (excludes halogenated alkanes) is 1. The van der Waals surface area contributed by atoms with Gasteiger partial charge in [0.1, 0.15) is 5.82 Å². The van der Waals surface area contributed by atoms with Gasteiger partial charge in [-0.1, -0.05) is 12.5 Å². The van der Waals surface area contributed by atoms with E-state index >= 15 is 0 Å². The normalized spacial score (nSPS) is 12.5. The number of halogens is 1. The Morgan fingerprint density at radius 3 is 2.76 bits per heavy atom. The lowest BCUT2D eigenvalue weighted by Crippen LogP contribution is -2.22. The van der Waals surface area contributed by atoms with Crippen molar-refractivity contribution in [1.82, 2.24) is 5.32 Å². The number of hydrogen-bond acceptors (Lipinski definition) is 2. The average molecular weight is 238 g/mol. The van der Waals surface area contributed by atoms with Gasteiger partial charge in [-0.05, 0) is 45.0 Å². The third-order valence-electron chi connectivity index (χ3n) is 3.12. The minimum absolute atomic E-state index is 0.168. The molecule has 0 aliphatic carbocycles. The molecule has 96 valence electrons. The molecule has 0 aliphatic heterocycles. The Kier molecular flexibility index (Phi) is 5.98. The Bertz CT molecular complexity index is 328. The summed E-state index contributed by atoms with van der Waals surface area (Å²) in [6.07, 6.45) is 3.52. The van der Waals surface area contributed by atoms with Crippen molar-refractivity contribution in [1.29, 1.82) is 0 Å². The molecule has 1 aromatic carbocycles. The van der Waals surface area contributed by atoms with Crippen molar-refractivity contribution in [3.63, 3.8) is 0 Å². The number of benzene rings is 1. The molecule has 1 unspecified atom stereocenters. The molecule has 0 fully saturated rings. The van der Waals surface area contributed by atoms with Crippen LogP contribution in [-0.4, -0.2) is 26.7 Å². The van der Waals surface area contributed by atoms with E-state index in [2.05, 4.69) is 17.1 Å². The molecular weight excluding hydrogens is 215 g/mol. The lowest BCUT2D eigenvalue weighted by atomic mass is 10.1. The monoisotopic (exact) mass is 238 g/mol. The number of hydrogen-bond donors (Lipinski definition) is 1. The highest BCUT2D eigenvalue weighted by Gasteiger charge is 2.02. The van der Waals surface area contributed by atoms with Crippen LogP contribution in [0.15, 0.2) is 24.3 Å². The summed E-state index contributed by atoms with van der Waals surface area (Å²) in [5.41, 5.74) is 0.951. The fourth-order valence-electron chi connectivity index (χ4n) is 1.79. The van der Waals surface area contributed by atoms with Crippen LogP contribution < -0.4 is 10.2 Å². The summed E-state index contributed by atoms with van der Waals surface area (Å²) < 4.78 is 13.0. The van der Waals surface area contributed by atoms with Crippen LogP contribution in [-0.2, 0) is 0 Å². The minimum Gasteiger partial charge on any atom is -0.375 e. The molecule has 0 heterocycles. The summed E-state index contributed by atoms with van der Waals surface area (Å²) in [5.74, 6) is -0.168. The van der Waals surface area contributed by atoms with Crippen molar-refractivity contribution in [2.24, 2.45) is 0 Å². The molecule has 1 rings (SSSR count). The first-order chi connectivity index (χ1) is 8.13. The predicted octanol–water partition coefficient (Wildman–Crippen LogP) is 3.04. The molecule has 0 saturated heterocycles. The molecule has 0 aromatic heterocycles. The van der Waals surface area contributed by atoms with Crippen LogP contribution in [0.25, 0.3) is 0 Å². The molecule has 0 spiro atoms. The van der Waals surface area contributed by atoms with E-state index in [4.69, 9.17) is 0 Å². The fourth-order valence-corrected chi connectivity index (χ4v) is 1.79. The molecule has 3 heteroatoms. The molecule has 0 bridgehead atoms. The maximum absolute atomic E-state index is 13.0. The van der Waals surface area contributed by atoms with Gasteiger partial charge >= 0.3 is 0 Å². The zero-order valence-corrected chi connectivity index (χ0v) is 11.0. The van der Waals surface area contributed by atoms with Gasteiger partial charge in [0, 0.05) is 25.3 Å². The molecule has 0 aliphatic rings. The number of nitrogens with one attached hydrogen (secondary N) is 1. The molecule has 0 amide bonds. The molecule has 0 saturated carbocycles. The third kappa shape index (κ3) is 5.18. The van der Waals surface area contributed by atoms with Crippen molar-refractivity contribution in [3.05, 3.63) is 30.1 Å². The molecule has 2 nitrogen and oxygen atoms in total. The van der Waals surface area contributed by atoms with Gasteiger partial charge in [-0.15, -0.1) is 0 Å². The predicted molar refractivity (Wildman–Crippen MR) is 72.0 cm³/mol. The highest BCUT2D eigenvalue weighted by atomic mass is 19.1. The summed E-state index contributed by atoms with van der Waals surface area (Å²) in [5, 5.41) is 3.23. The quantitative estimate of drug-likeness (QED) is 0.734. The molecule has 1 N–H and O–H groups in total. The first-order valence-corrected chi connectivity index (χ1v) is 6.27. The molecule has 0 radical (unpaired) electrons. The zero-order valence-electron chi connectivity index (χ0n) is 11.0. The maximum Gasteiger partial charge on any atom is 0.125 e. The van der Waals surface area contributed by atoms with Crippen LogP contribution in [0.2, 0.25) is 0 Å². The Morgan fingerprint density at radius 1 is 1.35 bits per heavy atom. The van der Waals surface area contributed by atoms with Crippen molar-refractivity contribution >= 4 is 5.69 Å². The van der Waals surface area contributed by atoms with Gasteiger partial charge in [-0.3, -0.25) is 0 Å². The first kappa shape index (κ1) is 14.0. The maximum atomic E-state index is 13.0. The molecule has 1 atom stereocenters. The smallest absolute Gasteiger partial charge is 0.125 e. The van der Waals surface area contributed by atoms with Gasteiger partial charge in [0.2, 0.25) is 0 Å². The van der Waals surface area contributed by atoms with Crippen LogP contribution >= 0.6 is 0 Å². The highest BCUT2D eigenvalue weighted by Crippen LogP contribution is 2.14. The van der Waals surface area contributed by atoms with E-state index in [1.165, 1.54) is 18.9 Å². The van der Waals surface area contributed by atoms with E-state index in [1.807, 2.05) is 20.2 Å². The Hall–Kier alpha value is -1.09. The van der Waals surface area contributed by atoms with E-state index in [-0.39, 0.29) is 5.82 Å². The van der Waals surface area contributed by atoms with Gasteiger partial charge in [-0.25, -0.2) is 4.39 Å². The van der Waals surface area contributed by atoms with E-state index < -0.39 is 0 Å². The molecule has 17 heavy (non-hydrogen) atoms. The lowest BCUT2D eigenvalue weighted by molar-refractivity contribution is 0.528. The van der Waals surface area contributed by atoms with Gasteiger partial charge in [0.05, 0.1) is 0 Å². The second-order valence-corrected chi connectivity index (χ2v) is 4.59. The number of anilines is 1. The summed E-state index contributed by atoms with van der Waals surface area (Å²) in [6.45, 7) is 3.16. The summed E-state index contributed by atoms with van der Waals surface area (Å²) >= 11 is 0. The van der Waals surface area contributed by atoms with Gasteiger partial charge in [-0.2, -0.15) is 0 Å². The largest absolute Gasteiger partial charge is 0.375 e. The first-order valence-electron chi connectivity index (χ1n) is 6.27. The van der Waals surface area contributed by atoms with Crippen LogP contribution in [0.4, 0.5) is 10.1 Å². The summed E-state index contributed by atoms with van der Waals surface area (Å²) in [6, 6.07) is 7.33. The topological polar surface area (TPSA) is 15.3 Å². The third-order valence-corrected chi connectivity index (χ3v) is 3.12. The van der Waals surface area contributed by atoms with E-state index in [1.54, 1.807) is 12.1 Å². The molecular formula is C14H23FN2. The Balaban J connectivity index is 2.28. The van der Waals surface area contributed by atoms with E-state index in [0.29, 0.717) is 6.04 Å². The van der Waals surface area contributed by atoms with Crippen molar-refractivity contribution < 1.29 is 4.39 Å². The van der Waals surface area contributed by atoms with Gasteiger partial charge in [0.15, 0.2) is 0 Å². The van der Waals surface area contributed by atoms with Gasteiger partial charge in [0.25, 0.3) is 0 Å². The van der Waals surface area contributed by atoms with Crippen LogP contribution in [0.3, 0.4) is 0 Å². The van der Waals surface area contributed by atoms with Crippen LogP contribution in [0.1, 0.15) is 26.2 Å². The highest BCUT2D eigenvalue weighted by molar-refractivity contribution is 5.45. The summed E-state index contributed by atoms with van der Waals surface area (Å²) in [4.78, 5) is 2.10. The van der Waals surface area contributed by atoms with E-state index in [0.717, 1.165) is 18.7 Å². The van der Waals surface area contributed by atoms with Crippen molar-refractivity contribution in [2.75, 3.05) is 25.5 Å². The SMILES string of the molecule is CNC(C)CCCCN(C)c1cccc(F)c1. The Labute approximate surface area is 104 Å². The Morgan fingerprint density at radius 2 is 2.12 bits per heavy atom. The number of rotatable bonds is 7. The number of nitrogens with zero attached hydrogens (tertiary/aromatic N) is 1. The standard InChI is InChI=1S/C14H23FN2/c1-12(16-2)7-4-5-10-17(3)14-9-6-8-13(15)11-14/h6,8-9,11-12,16H,4-5,7,10H2,1-3H3. The van der Waals surface area contributed by atoms with Gasteiger partial charge < -0.3 is 10.2 Å². The minimum atomic E-state index is -0.168. The second kappa shape index (κ2) is 7.28.